The summed E-state index contributed by atoms with van der Waals surface area (Å²) in [6.45, 7) is 11.6. The Morgan fingerprint density at radius 1 is 0.957 bits per heavy atom. The zero-order chi connectivity index (χ0) is 16.7. The van der Waals surface area contributed by atoms with E-state index >= 15 is 0 Å². The minimum atomic E-state index is 0.140. The smallest absolute Gasteiger partial charge is 0.0863 e. The first-order valence-corrected chi connectivity index (χ1v) is 8.81. The summed E-state index contributed by atoms with van der Waals surface area (Å²) in [6, 6.07) is 8.75. The molecule has 0 amide bonds. The van der Waals surface area contributed by atoms with Crippen LogP contribution in [0, 0.1) is 5.41 Å². The normalized spacial score (nSPS) is 15.5. The van der Waals surface area contributed by atoms with Crippen LogP contribution in [0.3, 0.4) is 0 Å². The van der Waals surface area contributed by atoms with Crippen molar-refractivity contribution in [1.82, 2.24) is 15.0 Å². The van der Waals surface area contributed by atoms with Gasteiger partial charge in [0.2, 0.25) is 0 Å². The van der Waals surface area contributed by atoms with Crippen molar-refractivity contribution in [2.45, 2.75) is 72.1 Å². The van der Waals surface area contributed by atoms with Gasteiger partial charge < -0.3 is 0 Å². The molecular formula is C20H29N3. The third kappa shape index (κ3) is 3.65. The molecule has 0 atom stereocenters. The van der Waals surface area contributed by atoms with Gasteiger partial charge in [0.1, 0.15) is 0 Å². The third-order valence-corrected chi connectivity index (χ3v) is 4.67. The van der Waals surface area contributed by atoms with Crippen LogP contribution in [0.5, 0.6) is 0 Å². The average molecular weight is 311 g/mol. The molecule has 1 aromatic carbocycles. The maximum absolute atomic E-state index is 4.72. The van der Waals surface area contributed by atoms with Crippen molar-refractivity contribution in [3.05, 3.63) is 41.2 Å². The molecule has 23 heavy (non-hydrogen) atoms. The molecule has 0 bridgehead atoms. The Labute approximate surface area is 140 Å². The monoisotopic (exact) mass is 311 g/mol. The van der Waals surface area contributed by atoms with Crippen LogP contribution in [0.25, 0.3) is 5.69 Å². The molecule has 1 aliphatic carbocycles. The van der Waals surface area contributed by atoms with Crippen molar-refractivity contribution in [2.75, 3.05) is 0 Å². The summed E-state index contributed by atoms with van der Waals surface area (Å²) in [7, 11) is 0. The van der Waals surface area contributed by atoms with Crippen LogP contribution >= 0.6 is 0 Å². The van der Waals surface area contributed by atoms with Gasteiger partial charge in [0, 0.05) is 0 Å². The van der Waals surface area contributed by atoms with Crippen LogP contribution in [-0.4, -0.2) is 15.0 Å². The van der Waals surface area contributed by atoms with Crippen LogP contribution in [0.2, 0.25) is 0 Å². The molecule has 1 aliphatic rings. The SMILES string of the molecule is CC(C)(C)CC(C)(C)c1cccc(-n2nc3c(n2)CCCC3)c1. The molecule has 3 rings (SSSR count). The number of rotatable bonds is 3. The first-order valence-electron chi connectivity index (χ1n) is 8.81. The highest BCUT2D eigenvalue weighted by atomic mass is 15.5. The average Bonchev–Trinajstić information content (AvgIpc) is 2.89. The number of fused-ring (bicyclic) bond motifs is 1. The third-order valence-electron chi connectivity index (χ3n) is 4.67. The summed E-state index contributed by atoms with van der Waals surface area (Å²) in [5.41, 5.74) is 5.27. The van der Waals surface area contributed by atoms with Crippen molar-refractivity contribution in [3.8, 4) is 5.69 Å². The second kappa shape index (κ2) is 5.77. The Morgan fingerprint density at radius 3 is 2.13 bits per heavy atom. The van der Waals surface area contributed by atoms with E-state index in [2.05, 4.69) is 58.9 Å². The summed E-state index contributed by atoms with van der Waals surface area (Å²) < 4.78 is 0. The number of hydrogen-bond donors (Lipinski definition) is 0. The number of aryl methyl sites for hydroxylation is 2. The lowest BCUT2D eigenvalue weighted by molar-refractivity contribution is 0.284. The standard InChI is InChI=1S/C20H29N3/c1-19(2,3)14-20(4,5)15-9-8-10-16(13-15)23-21-17-11-6-7-12-18(17)22-23/h8-10,13H,6-7,11-12,14H2,1-5H3. The van der Waals surface area contributed by atoms with Crippen LogP contribution in [-0.2, 0) is 18.3 Å². The lowest BCUT2D eigenvalue weighted by Gasteiger charge is -2.33. The Balaban J connectivity index is 1.92. The predicted octanol–water partition coefficient (Wildman–Crippen LogP) is 4.86. The minimum absolute atomic E-state index is 0.140. The molecule has 124 valence electrons. The fourth-order valence-corrected chi connectivity index (χ4v) is 3.93. The second-order valence-electron chi connectivity index (χ2n) is 8.76. The summed E-state index contributed by atoms with van der Waals surface area (Å²) in [5.74, 6) is 0. The largest absolute Gasteiger partial charge is 0.153 e. The van der Waals surface area contributed by atoms with Gasteiger partial charge in [-0.15, -0.1) is 0 Å². The van der Waals surface area contributed by atoms with Gasteiger partial charge in [-0.2, -0.15) is 15.0 Å². The number of hydrogen-bond acceptors (Lipinski definition) is 2. The molecule has 3 nitrogen and oxygen atoms in total. The molecule has 1 heterocycles. The first kappa shape index (κ1) is 16.2. The van der Waals surface area contributed by atoms with Crippen molar-refractivity contribution in [3.63, 3.8) is 0 Å². The van der Waals surface area contributed by atoms with E-state index in [9.17, 15) is 0 Å². The highest BCUT2D eigenvalue weighted by Gasteiger charge is 2.27. The highest BCUT2D eigenvalue weighted by molar-refractivity contribution is 5.38. The summed E-state index contributed by atoms with van der Waals surface area (Å²) in [4.78, 5) is 1.84. The topological polar surface area (TPSA) is 30.7 Å². The van der Waals surface area contributed by atoms with Crippen LogP contribution in [0.15, 0.2) is 24.3 Å². The maximum Gasteiger partial charge on any atom is 0.0863 e. The molecule has 0 N–H and O–H groups in total. The van der Waals surface area contributed by atoms with Crippen molar-refractivity contribution >= 4 is 0 Å². The zero-order valence-corrected chi connectivity index (χ0v) is 15.2. The van der Waals surface area contributed by atoms with Gasteiger partial charge in [0.15, 0.2) is 0 Å². The number of benzene rings is 1. The molecule has 0 spiro atoms. The van der Waals surface area contributed by atoms with E-state index in [4.69, 9.17) is 10.2 Å². The van der Waals surface area contributed by atoms with Crippen LogP contribution < -0.4 is 0 Å². The summed E-state index contributed by atoms with van der Waals surface area (Å²) >= 11 is 0. The lowest BCUT2D eigenvalue weighted by Crippen LogP contribution is -2.25. The number of nitrogens with zero attached hydrogens (tertiary/aromatic N) is 3. The number of aromatic nitrogens is 3. The lowest BCUT2D eigenvalue weighted by atomic mass is 9.72. The zero-order valence-electron chi connectivity index (χ0n) is 15.2. The van der Waals surface area contributed by atoms with Gasteiger partial charge >= 0.3 is 0 Å². The van der Waals surface area contributed by atoms with Crippen LogP contribution in [0.1, 0.15) is 70.8 Å². The molecule has 0 saturated carbocycles. The quantitative estimate of drug-likeness (QED) is 0.810. The highest BCUT2D eigenvalue weighted by Crippen LogP contribution is 2.36. The molecule has 3 heteroatoms. The molecule has 0 aliphatic heterocycles. The van der Waals surface area contributed by atoms with E-state index in [1.807, 2.05) is 4.80 Å². The van der Waals surface area contributed by atoms with E-state index in [1.54, 1.807) is 0 Å². The van der Waals surface area contributed by atoms with Crippen molar-refractivity contribution in [2.24, 2.45) is 5.41 Å². The van der Waals surface area contributed by atoms with Gasteiger partial charge in [-0.1, -0.05) is 46.8 Å². The van der Waals surface area contributed by atoms with Gasteiger partial charge in [-0.3, -0.25) is 0 Å². The van der Waals surface area contributed by atoms with Gasteiger partial charge in [0.05, 0.1) is 17.1 Å². The van der Waals surface area contributed by atoms with Gasteiger partial charge in [-0.05, 0) is 60.6 Å². The molecule has 0 fully saturated rings. The van der Waals surface area contributed by atoms with Gasteiger partial charge in [0.25, 0.3) is 0 Å². The molecule has 1 aromatic heterocycles. The van der Waals surface area contributed by atoms with Crippen molar-refractivity contribution < 1.29 is 0 Å². The fourth-order valence-electron chi connectivity index (χ4n) is 3.93. The van der Waals surface area contributed by atoms with Gasteiger partial charge in [-0.25, -0.2) is 0 Å². The molecule has 0 unspecified atom stereocenters. The summed E-state index contributed by atoms with van der Waals surface area (Å²) in [5, 5.41) is 9.45. The van der Waals surface area contributed by atoms with Crippen molar-refractivity contribution in [1.29, 1.82) is 0 Å². The van der Waals surface area contributed by atoms with Crippen LogP contribution in [0.4, 0.5) is 0 Å². The second-order valence-corrected chi connectivity index (χ2v) is 8.76. The molecule has 0 saturated heterocycles. The predicted molar refractivity (Wildman–Crippen MR) is 95.1 cm³/mol. The molecule has 2 aromatic rings. The summed E-state index contributed by atoms with van der Waals surface area (Å²) in [6.07, 6.45) is 5.77. The Kier molecular flexibility index (Phi) is 4.07. The fraction of sp³-hybridized carbons (Fsp3) is 0.600. The van der Waals surface area contributed by atoms with E-state index in [1.165, 1.54) is 29.8 Å². The van der Waals surface area contributed by atoms with E-state index in [0.717, 1.165) is 24.9 Å². The Hall–Kier alpha value is -1.64. The Morgan fingerprint density at radius 2 is 1.57 bits per heavy atom. The molecule has 0 radical (unpaired) electrons. The van der Waals surface area contributed by atoms with E-state index in [0.29, 0.717) is 5.41 Å². The maximum atomic E-state index is 4.72. The van der Waals surface area contributed by atoms with E-state index < -0.39 is 0 Å². The van der Waals surface area contributed by atoms with E-state index in [-0.39, 0.29) is 5.41 Å². The molecular weight excluding hydrogens is 282 g/mol. The first-order chi connectivity index (χ1) is 10.7. The Bertz CT molecular complexity index is 666. The minimum Gasteiger partial charge on any atom is -0.153 e.